The molecule has 0 saturated carbocycles. The van der Waals surface area contributed by atoms with Crippen LogP contribution in [0.25, 0.3) is 0 Å². The number of benzene rings is 3. The average Bonchev–Trinajstić information content (AvgIpc) is 3.08. The van der Waals surface area contributed by atoms with Gasteiger partial charge < -0.3 is 19.7 Å². The van der Waals surface area contributed by atoms with Gasteiger partial charge in [0.05, 0.1) is 7.11 Å². The van der Waals surface area contributed by atoms with E-state index in [1.165, 1.54) is 5.56 Å². The summed E-state index contributed by atoms with van der Waals surface area (Å²) in [4.78, 5) is 32.5. The minimum atomic E-state index is -0.826. The van der Waals surface area contributed by atoms with Gasteiger partial charge >= 0.3 is 0 Å². The minimum absolute atomic E-state index is 0.0758. The number of nitrogens with zero attached hydrogens (tertiary/aromatic N) is 2. The maximum atomic E-state index is 14.2. The molecule has 2 aliphatic heterocycles. The lowest BCUT2D eigenvalue weighted by Gasteiger charge is -2.42. The molecule has 7 nitrogen and oxygen atoms in total. The Balaban J connectivity index is 1.48. The monoisotopic (exact) mass is 527 g/mol. The molecule has 2 heterocycles. The largest absolute Gasteiger partial charge is 0.497 e. The number of carbonyl (C=O) groups excluding carboxylic acids is 2. The second-order valence-electron chi connectivity index (χ2n) is 10.7. The van der Waals surface area contributed by atoms with E-state index in [1.54, 1.807) is 13.2 Å². The van der Waals surface area contributed by atoms with Crippen LogP contribution in [0.15, 0.2) is 78.9 Å². The van der Waals surface area contributed by atoms with Gasteiger partial charge in [0.2, 0.25) is 0 Å². The maximum absolute atomic E-state index is 14.2. The van der Waals surface area contributed by atoms with Crippen molar-refractivity contribution in [3.05, 3.63) is 90.0 Å². The summed E-state index contributed by atoms with van der Waals surface area (Å²) in [7, 11) is 1.60. The molecule has 0 aromatic heterocycles. The maximum Gasteiger partial charge on any atom is 0.265 e. The molecule has 2 aliphatic rings. The first-order valence-electron chi connectivity index (χ1n) is 13.7. The molecule has 2 unspecified atom stereocenters. The summed E-state index contributed by atoms with van der Waals surface area (Å²) in [6, 6.07) is 24.4. The quantitative estimate of drug-likeness (QED) is 0.452. The smallest absolute Gasteiger partial charge is 0.265 e. The average molecular weight is 528 g/mol. The van der Waals surface area contributed by atoms with Crippen LogP contribution in [-0.4, -0.2) is 54.0 Å². The van der Waals surface area contributed by atoms with Crippen LogP contribution in [0.2, 0.25) is 0 Å². The molecule has 2 atom stereocenters. The van der Waals surface area contributed by atoms with Gasteiger partial charge in [-0.05, 0) is 48.6 Å². The third-order valence-corrected chi connectivity index (χ3v) is 7.64. The van der Waals surface area contributed by atoms with Crippen molar-refractivity contribution in [3.63, 3.8) is 0 Å². The van der Waals surface area contributed by atoms with Crippen LogP contribution in [0.1, 0.15) is 43.9 Å². The topological polar surface area (TPSA) is 71.1 Å². The number of nitrogens with one attached hydrogen (secondary N) is 1. The molecule has 7 heteroatoms. The summed E-state index contributed by atoms with van der Waals surface area (Å²) in [5.41, 5.74) is 2.64. The van der Waals surface area contributed by atoms with Gasteiger partial charge in [0.25, 0.3) is 11.8 Å². The summed E-state index contributed by atoms with van der Waals surface area (Å²) >= 11 is 0. The van der Waals surface area contributed by atoms with Crippen LogP contribution >= 0.6 is 0 Å². The van der Waals surface area contributed by atoms with Gasteiger partial charge in [-0.2, -0.15) is 0 Å². The second kappa shape index (κ2) is 11.9. The number of likely N-dealkylation sites (tertiary alicyclic amines) is 1. The molecule has 0 aliphatic carbocycles. The second-order valence-corrected chi connectivity index (χ2v) is 10.7. The molecule has 0 bridgehead atoms. The van der Waals surface area contributed by atoms with E-state index < -0.39 is 12.1 Å². The molecule has 5 rings (SSSR count). The van der Waals surface area contributed by atoms with Crippen LogP contribution in [0.4, 0.5) is 5.69 Å². The molecule has 39 heavy (non-hydrogen) atoms. The van der Waals surface area contributed by atoms with E-state index in [4.69, 9.17) is 9.47 Å². The van der Waals surface area contributed by atoms with Gasteiger partial charge in [0.15, 0.2) is 6.10 Å². The number of methoxy groups -OCH3 is 1. The van der Waals surface area contributed by atoms with E-state index in [-0.39, 0.29) is 23.8 Å². The SMILES string of the molecule is COc1ccc2c(c1)OC(C(C)C)C(=O)N(C1CCN(Cc3ccccc3)CC1)C2C(=O)Nc1ccccc1. The zero-order valence-electron chi connectivity index (χ0n) is 22.9. The van der Waals surface area contributed by atoms with Crippen molar-refractivity contribution >= 4 is 17.5 Å². The molecule has 1 fully saturated rings. The molecular weight excluding hydrogens is 490 g/mol. The Morgan fingerprint density at radius 2 is 1.67 bits per heavy atom. The Morgan fingerprint density at radius 1 is 1.00 bits per heavy atom. The van der Waals surface area contributed by atoms with E-state index in [0.717, 1.165) is 32.5 Å². The predicted octanol–water partition coefficient (Wildman–Crippen LogP) is 5.29. The van der Waals surface area contributed by atoms with E-state index in [9.17, 15) is 9.59 Å². The molecule has 1 saturated heterocycles. The van der Waals surface area contributed by atoms with Gasteiger partial charge in [0, 0.05) is 43.0 Å². The Labute approximate surface area is 230 Å². The standard InChI is InChI=1S/C32H37N3O4/c1-22(2)30-32(37)35(25-16-18-34(19-17-25)21-23-10-6-4-7-11-23)29(31(36)33-24-12-8-5-9-13-24)27-15-14-26(38-3)20-28(27)39-30/h4-15,20,22,25,29-30H,16-19,21H2,1-3H3,(H,33,36). The Hall–Kier alpha value is -3.84. The van der Waals surface area contributed by atoms with Crippen LogP contribution in [0, 0.1) is 5.92 Å². The van der Waals surface area contributed by atoms with E-state index >= 15 is 0 Å². The highest BCUT2D eigenvalue weighted by atomic mass is 16.5. The lowest BCUT2D eigenvalue weighted by atomic mass is 9.95. The third kappa shape index (κ3) is 5.93. The molecule has 0 radical (unpaired) electrons. The number of piperidine rings is 1. The van der Waals surface area contributed by atoms with Crippen molar-refractivity contribution in [2.75, 3.05) is 25.5 Å². The number of hydrogen-bond acceptors (Lipinski definition) is 5. The first-order chi connectivity index (χ1) is 18.9. The van der Waals surface area contributed by atoms with Gasteiger partial charge in [-0.3, -0.25) is 14.5 Å². The highest BCUT2D eigenvalue weighted by molar-refractivity contribution is 5.99. The van der Waals surface area contributed by atoms with Crippen LogP contribution in [0.3, 0.4) is 0 Å². The summed E-state index contributed by atoms with van der Waals surface area (Å²) in [5.74, 6) is 0.663. The van der Waals surface area contributed by atoms with Gasteiger partial charge in [-0.25, -0.2) is 0 Å². The van der Waals surface area contributed by atoms with Crippen molar-refractivity contribution in [2.24, 2.45) is 5.92 Å². The Kier molecular flexibility index (Phi) is 8.17. The van der Waals surface area contributed by atoms with Gasteiger partial charge in [-0.15, -0.1) is 0 Å². The number of para-hydroxylation sites is 1. The lowest BCUT2D eigenvalue weighted by Crippen LogP contribution is -2.54. The van der Waals surface area contributed by atoms with E-state index in [1.807, 2.05) is 67.3 Å². The van der Waals surface area contributed by atoms with Crippen LogP contribution in [-0.2, 0) is 16.1 Å². The summed E-state index contributed by atoms with van der Waals surface area (Å²) < 4.78 is 11.8. The zero-order valence-corrected chi connectivity index (χ0v) is 22.9. The number of ether oxygens (including phenoxy) is 2. The molecule has 3 aromatic carbocycles. The van der Waals surface area contributed by atoms with Crippen molar-refractivity contribution in [1.29, 1.82) is 0 Å². The molecule has 2 amide bonds. The first kappa shape index (κ1) is 26.8. The minimum Gasteiger partial charge on any atom is -0.497 e. The highest BCUT2D eigenvalue weighted by Crippen LogP contribution is 2.41. The number of anilines is 1. The Morgan fingerprint density at radius 3 is 2.31 bits per heavy atom. The van der Waals surface area contributed by atoms with Gasteiger partial charge in [-0.1, -0.05) is 62.4 Å². The zero-order chi connectivity index (χ0) is 27.4. The van der Waals surface area contributed by atoms with Crippen molar-refractivity contribution in [3.8, 4) is 11.5 Å². The Bertz CT molecular complexity index is 1270. The van der Waals surface area contributed by atoms with Crippen molar-refractivity contribution in [2.45, 2.75) is 51.4 Å². The number of amides is 2. The molecule has 204 valence electrons. The van der Waals surface area contributed by atoms with Crippen LogP contribution < -0.4 is 14.8 Å². The van der Waals surface area contributed by atoms with Crippen molar-refractivity contribution < 1.29 is 19.1 Å². The third-order valence-electron chi connectivity index (χ3n) is 7.64. The molecule has 0 spiro atoms. The number of fused-ring (bicyclic) bond motifs is 1. The number of rotatable bonds is 7. The number of hydrogen-bond donors (Lipinski definition) is 1. The first-order valence-corrected chi connectivity index (χ1v) is 13.7. The molecule has 1 N–H and O–H groups in total. The fourth-order valence-electron chi connectivity index (χ4n) is 5.59. The van der Waals surface area contributed by atoms with E-state index in [2.05, 4.69) is 34.5 Å². The highest BCUT2D eigenvalue weighted by Gasteiger charge is 2.45. The number of carbonyl (C=O) groups is 2. The summed E-state index contributed by atoms with van der Waals surface area (Å²) in [6.07, 6.45) is 0.862. The fourth-order valence-corrected chi connectivity index (χ4v) is 5.59. The predicted molar refractivity (Wildman–Crippen MR) is 152 cm³/mol. The van der Waals surface area contributed by atoms with E-state index in [0.29, 0.717) is 22.7 Å². The molecule has 3 aromatic rings. The molecular formula is C32H37N3O4. The van der Waals surface area contributed by atoms with Crippen LogP contribution in [0.5, 0.6) is 11.5 Å². The normalized spacial score (nSPS) is 20.2. The fraction of sp³-hybridized carbons (Fsp3) is 0.375. The lowest BCUT2D eigenvalue weighted by molar-refractivity contribution is -0.149. The summed E-state index contributed by atoms with van der Waals surface area (Å²) in [6.45, 7) is 6.53. The summed E-state index contributed by atoms with van der Waals surface area (Å²) in [5, 5.41) is 3.05. The van der Waals surface area contributed by atoms with Crippen molar-refractivity contribution in [1.82, 2.24) is 9.80 Å². The van der Waals surface area contributed by atoms with Gasteiger partial charge in [0.1, 0.15) is 17.5 Å².